The highest BCUT2D eigenvalue weighted by Crippen LogP contribution is 2.36. The van der Waals surface area contributed by atoms with Crippen molar-refractivity contribution in [3.05, 3.63) is 47.5 Å². The van der Waals surface area contributed by atoms with Crippen molar-refractivity contribution in [2.75, 3.05) is 12.3 Å². The Hall–Kier alpha value is -2.89. The van der Waals surface area contributed by atoms with Crippen molar-refractivity contribution in [1.29, 1.82) is 0 Å². The molecular weight excluding hydrogens is 410 g/mol. The van der Waals surface area contributed by atoms with Crippen molar-refractivity contribution in [3.8, 4) is 17.2 Å². The third-order valence-electron chi connectivity index (χ3n) is 5.06. The standard InChI is InChI=1S/C21H25NO9/c22-11-4-1-10(2-5-11)3-6-13(25)17-14(26)7-12(24)8-15(17)30-21-20(29)19(28)18(27)16(9-23)31-21/h1-2,4-5,7-8,16,18-21,23-24,26-29H,3,6,9,22H2/t16?,18-,19-,20?,21+/m0/s1. The number of phenolic OH excluding ortho intramolecular Hbond substituents is 2. The summed E-state index contributed by atoms with van der Waals surface area (Å²) in [6, 6.07) is 8.96. The molecule has 1 saturated heterocycles. The van der Waals surface area contributed by atoms with Crippen LogP contribution in [0.1, 0.15) is 22.3 Å². The molecule has 1 aliphatic rings. The summed E-state index contributed by atoms with van der Waals surface area (Å²) in [6.45, 7) is -0.663. The molecule has 0 radical (unpaired) electrons. The van der Waals surface area contributed by atoms with Gasteiger partial charge >= 0.3 is 0 Å². The Labute approximate surface area is 177 Å². The van der Waals surface area contributed by atoms with E-state index in [1.807, 2.05) is 0 Å². The molecule has 0 aromatic heterocycles. The van der Waals surface area contributed by atoms with E-state index in [9.17, 15) is 35.4 Å². The molecule has 10 nitrogen and oxygen atoms in total. The Morgan fingerprint density at radius 3 is 2.35 bits per heavy atom. The normalized spacial score (nSPS) is 25.9. The number of benzene rings is 2. The lowest BCUT2D eigenvalue weighted by atomic mass is 9.99. The average molecular weight is 435 g/mol. The molecule has 0 spiro atoms. The number of ether oxygens (including phenoxy) is 2. The molecule has 3 rings (SSSR count). The largest absolute Gasteiger partial charge is 0.508 e. The number of aliphatic hydroxyl groups is 4. The molecule has 2 aromatic carbocycles. The lowest BCUT2D eigenvalue weighted by Gasteiger charge is -2.39. The molecule has 2 aromatic rings. The minimum absolute atomic E-state index is 0.00665. The summed E-state index contributed by atoms with van der Waals surface area (Å²) in [5, 5.41) is 59.3. The number of phenols is 2. The van der Waals surface area contributed by atoms with E-state index >= 15 is 0 Å². The number of nitrogen functional groups attached to an aromatic ring is 1. The number of aryl methyl sites for hydroxylation is 1. The SMILES string of the molecule is Nc1ccc(CCC(=O)c2c(O)cc(O)cc2O[C@@H]2OC(CO)[C@H](O)[C@H](O)C2O)cc1. The van der Waals surface area contributed by atoms with Crippen molar-refractivity contribution in [2.24, 2.45) is 0 Å². The summed E-state index contributed by atoms with van der Waals surface area (Å²) in [5.74, 6) is -1.74. The predicted octanol–water partition coefficient (Wildman–Crippen LogP) is -0.326. The van der Waals surface area contributed by atoms with Crippen LogP contribution in [0.5, 0.6) is 17.2 Å². The van der Waals surface area contributed by atoms with Gasteiger partial charge in [-0.25, -0.2) is 0 Å². The Balaban J connectivity index is 1.82. The number of carbonyl (C=O) groups is 1. The summed E-state index contributed by atoms with van der Waals surface area (Å²) in [6.07, 6.45) is -7.46. The quantitative estimate of drug-likeness (QED) is 0.225. The number of ketones is 1. The van der Waals surface area contributed by atoms with Crippen LogP contribution in [0.4, 0.5) is 5.69 Å². The van der Waals surface area contributed by atoms with Crippen LogP contribution < -0.4 is 10.5 Å². The number of hydrogen-bond donors (Lipinski definition) is 7. The third-order valence-corrected chi connectivity index (χ3v) is 5.06. The zero-order valence-electron chi connectivity index (χ0n) is 16.5. The minimum Gasteiger partial charge on any atom is -0.508 e. The molecule has 0 aliphatic carbocycles. The Morgan fingerprint density at radius 1 is 1.03 bits per heavy atom. The third kappa shape index (κ3) is 5.06. The van der Waals surface area contributed by atoms with E-state index in [4.69, 9.17) is 15.2 Å². The van der Waals surface area contributed by atoms with Crippen LogP contribution in [0.25, 0.3) is 0 Å². The monoisotopic (exact) mass is 435 g/mol. The number of aromatic hydroxyl groups is 2. The van der Waals surface area contributed by atoms with Gasteiger partial charge in [-0.1, -0.05) is 12.1 Å². The smallest absolute Gasteiger partial charge is 0.229 e. The lowest BCUT2D eigenvalue weighted by Crippen LogP contribution is -2.60. The molecule has 1 aliphatic heterocycles. The van der Waals surface area contributed by atoms with Crippen molar-refractivity contribution < 1.29 is 44.9 Å². The first-order valence-corrected chi connectivity index (χ1v) is 9.62. The molecule has 10 heteroatoms. The molecule has 1 heterocycles. The molecule has 5 atom stereocenters. The number of anilines is 1. The Bertz CT molecular complexity index is 916. The molecular formula is C21H25NO9. The van der Waals surface area contributed by atoms with Crippen LogP contribution in [0.3, 0.4) is 0 Å². The van der Waals surface area contributed by atoms with Crippen molar-refractivity contribution >= 4 is 11.5 Å². The van der Waals surface area contributed by atoms with Crippen molar-refractivity contribution in [2.45, 2.75) is 43.5 Å². The second-order valence-corrected chi connectivity index (χ2v) is 7.32. The van der Waals surface area contributed by atoms with Gasteiger partial charge in [0.1, 0.15) is 47.2 Å². The fraction of sp³-hybridized carbons (Fsp3) is 0.381. The maximum Gasteiger partial charge on any atom is 0.229 e. The first-order chi connectivity index (χ1) is 14.7. The highest BCUT2D eigenvalue weighted by Gasteiger charge is 2.45. The number of hydrogen-bond acceptors (Lipinski definition) is 10. The maximum atomic E-state index is 12.8. The van der Waals surface area contributed by atoms with E-state index in [-0.39, 0.29) is 17.7 Å². The molecule has 2 unspecified atom stereocenters. The maximum absolute atomic E-state index is 12.8. The van der Waals surface area contributed by atoms with Gasteiger partial charge in [-0.05, 0) is 24.1 Å². The minimum atomic E-state index is -1.72. The van der Waals surface area contributed by atoms with Gasteiger partial charge in [-0.15, -0.1) is 0 Å². The molecule has 8 N–H and O–H groups in total. The van der Waals surface area contributed by atoms with Gasteiger partial charge in [0.15, 0.2) is 5.78 Å². The molecule has 0 bridgehead atoms. The molecule has 0 saturated carbocycles. The lowest BCUT2D eigenvalue weighted by molar-refractivity contribution is -0.277. The van der Waals surface area contributed by atoms with E-state index in [0.717, 1.165) is 17.7 Å². The van der Waals surface area contributed by atoms with E-state index in [1.54, 1.807) is 24.3 Å². The van der Waals surface area contributed by atoms with Gasteiger partial charge in [-0.2, -0.15) is 0 Å². The van der Waals surface area contributed by atoms with Crippen LogP contribution in [0.2, 0.25) is 0 Å². The number of aliphatic hydroxyl groups excluding tert-OH is 4. The summed E-state index contributed by atoms with van der Waals surface area (Å²) in [5.41, 5.74) is 6.83. The van der Waals surface area contributed by atoms with Gasteiger partial charge in [-0.3, -0.25) is 4.79 Å². The molecule has 1 fully saturated rings. The summed E-state index contributed by atoms with van der Waals surface area (Å²) < 4.78 is 10.8. The topological polar surface area (TPSA) is 183 Å². The van der Waals surface area contributed by atoms with Gasteiger partial charge in [0.2, 0.25) is 6.29 Å². The van der Waals surface area contributed by atoms with E-state index in [0.29, 0.717) is 12.1 Å². The summed E-state index contributed by atoms with van der Waals surface area (Å²) in [4.78, 5) is 12.8. The highest BCUT2D eigenvalue weighted by molar-refractivity contribution is 6.01. The van der Waals surface area contributed by atoms with E-state index < -0.39 is 54.6 Å². The van der Waals surface area contributed by atoms with Gasteiger partial charge in [0, 0.05) is 24.2 Å². The van der Waals surface area contributed by atoms with Gasteiger partial charge < -0.3 is 45.8 Å². The average Bonchev–Trinajstić information content (AvgIpc) is 2.73. The highest BCUT2D eigenvalue weighted by atomic mass is 16.7. The number of rotatable bonds is 7. The zero-order chi connectivity index (χ0) is 22.7. The fourth-order valence-electron chi connectivity index (χ4n) is 3.32. The number of carbonyl (C=O) groups excluding carboxylic acids is 1. The first kappa shape index (κ1) is 22.8. The van der Waals surface area contributed by atoms with Crippen LogP contribution in [0, 0.1) is 0 Å². The predicted molar refractivity (Wildman–Crippen MR) is 108 cm³/mol. The van der Waals surface area contributed by atoms with Crippen LogP contribution >= 0.6 is 0 Å². The fourth-order valence-corrected chi connectivity index (χ4v) is 3.32. The molecule has 168 valence electrons. The summed E-state index contributed by atoms with van der Waals surface area (Å²) >= 11 is 0. The second kappa shape index (κ2) is 9.50. The summed E-state index contributed by atoms with van der Waals surface area (Å²) in [7, 11) is 0. The molecule has 31 heavy (non-hydrogen) atoms. The second-order valence-electron chi connectivity index (χ2n) is 7.32. The van der Waals surface area contributed by atoms with Crippen LogP contribution in [-0.2, 0) is 11.2 Å². The van der Waals surface area contributed by atoms with Crippen LogP contribution in [0.15, 0.2) is 36.4 Å². The van der Waals surface area contributed by atoms with Crippen molar-refractivity contribution in [3.63, 3.8) is 0 Å². The number of Topliss-reactive ketones (excluding diaryl/α,β-unsaturated/α-hetero) is 1. The first-order valence-electron chi connectivity index (χ1n) is 9.62. The van der Waals surface area contributed by atoms with Crippen molar-refractivity contribution in [1.82, 2.24) is 0 Å². The van der Waals surface area contributed by atoms with E-state index in [1.165, 1.54) is 0 Å². The van der Waals surface area contributed by atoms with Crippen LogP contribution in [-0.4, -0.2) is 73.7 Å². The van der Waals surface area contributed by atoms with E-state index in [2.05, 4.69) is 0 Å². The number of nitrogens with two attached hydrogens (primary N) is 1. The van der Waals surface area contributed by atoms with Gasteiger partial charge in [0.05, 0.1) is 6.61 Å². The van der Waals surface area contributed by atoms with Gasteiger partial charge in [0.25, 0.3) is 0 Å². The Morgan fingerprint density at radius 2 is 1.71 bits per heavy atom. The molecule has 0 amide bonds. The Kier molecular flexibility index (Phi) is 6.98. The zero-order valence-corrected chi connectivity index (χ0v) is 16.5.